The van der Waals surface area contributed by atoms with Gasteiger partial charge in [-0.3, -0.25) is 9.59 Å². The van der Waals surface area contributed by atoms with E-state index in [9.17, 15) is 22.8 Å². The predicted molar refractivity (Wildman–Crippen MR) is 122 cm³/mol. The van der Waals surface area contributed by atoms with Gasteiger partial charge in [-0.1, -0.05) is 18.2 Å². The van der Waals surface area contributed by atoms with Crippen LogP contribution >= 0.6 is 0 Å². The number of benzene rings is 2. The van der Waals surface area contributed by atoms with Crippen molar-refractivity contribution in [3.8, 4) is 11.4 Å². The number of hydrogen-bond donors (Lipinski definition) is 0. The van der Waals surface area contributed by atoms with Gasteiger partial charge in [-0.25, -0.2) is 4.68 Å². The second-order valence-electron chi connectivity index (χ2n) is 8.54. The average molecular weight is 484 g/mol. The molecular weight excluding hydrogens is 461 g/mol. The van der Waals surface area contributed by atoms with E-state index in [0.717, 1.165) is 28.8 Å². The van der Waals surface area contributed by atoms with Gasteiger partial charge in [-0.05, 0) is 55.2 Å². The zero-order chi connectivity index (χ0) is 24.7. The fourth-order valence-electron chi connectivity index (χ4n) is 4.74. The highest BCUT2D eigenvalue weighted by Crippen LogP contribution is 2.36. The molecule has 182 valence electrons. The first-order chi connectivity index (χ1) is 16.8. The van der Waals surface area contributed by atoms with Gasteiger partial charge in [0.25, 0.3) is 5.91 Å². The number of halogens is 3. The molecule has 0 aliphatic carbocycles. The third-order valence-corrected chi connectivity index (χ3v) is 6.43. The first-order valence-electron chi connectivity index (χ1n) is 11.3. The highest BCUT2D eigenvalue weighted by Gasteiger charge is 2.43. The molecule has 1 aromatic heterocycles. The van der Waals surface area contributed by atoms with Crippen LogP contribution in [0.3, 0.4) is 0 Å². The van der Waals surface area contributed by atoms with Crippen LogP contribution in [0.15, 0.2) is 48.5 Å². The van der Waals surface area contributed by atoms with Crippen molar-refractivity contribution in [3.63, 3.8) is 0 Å². The Bertz CT molecular complexity index is 1280. The van der Waals surface area contributed by atoms with E-state index in [4.69, 9.17) is 4.74 Å². The SMILES string of the molecule is COc1ccc(-n2nc(C(F)(F)F)c3c2C(=O)N(CC(=O)N2CCCc4ccccc42)CC3)cc1. The van der Waals surface area contributed by atoms with E-state index in [1.54, 1.807) is 17.0 Å². The number of methoxy groups -OCH3 is 1. The topological polar surface area (TPSA) is 67.7 Å². The predicted octanol–water partition coefficient (Wildman–Crippen LogP) is 3.88. The van der Waals surface area contributed by atoms with E-state index in [-0.39, 0.29) is 36.7 Å². The van der Waals surface area contributed by atoms with Crippen LogP contribution in [0.4, 0.5) is 18.9 Å². The summed E-state index contributed by atoms with van der Waals surface area (Å²) in [6, 6.07) is 13.9. The van der Waals surface area contributed by atoms with Crippen molar-refractivity contribution in [2.75, 3.05) is 31.6 Å². The zero-order valence-corrected chi connectivity index (χ0v) is 19.0. The van der Waals surface area contributed by atoms with E-state index in [1.165, 1.54) is 24.1 Å². The van der Waals surface area contributed by atoms with Crippen molar-refractivity contribution >= 4 is 17.5 Å². The molecule has 3 aromatic rings. The van der Waals surface area contributed by atoms with E-state index in [1.807, 2.05) is 24.3 Å². The van der Waals surface area contributed by atoms with Crippen LogP contribution in [-0.2, 0) is 23.8 Å². The molecule has 2 aromatic carbocycles. The summed E-state index contributed by atoms with van der Waals surface area (Å²) < 4.78 is 47.4. The molecular formula is C25H23F3N4O3. The average Bonchev–Trinajstić information content (AvgIpc) is 3.26. The summed E-state index contributed by atoms with van der Waals surface area (Å²) in [5.74, 6) is -0.393. The maximum Gasteiger partial charge on any atom is 0.435 e. The first kappa shape index (κ1) is 22.9. The Kier molecular flexibility index (Phi) is 5.74. The number of para-hydroxylation sites is 1. The van der Waals surface area contributed by atoms with E-state index >= 15 is 0 Å². The van der Waals surface area contributed by atoms with Crippen LogP contribution in [0.25, 0.3) is 5.69 Å². The summed E-state index contributed by atoms with van der Waals surface area (Å²) in [4.78, 5) is 29.6. The van der Waals surface area contributed by atoms with Gasteiger partial charge in [0.15, 0.2) is 5.69 Å². The molecule has 2 amide bonds. The molecule has 2 aliphatic rings. The molecule has 0 saturated heterocycles. The summed E-state index contributed by atoms with van der Waals surface area (Å²) in [5.41, 5.74) is 0.783. The van der Waals surface area contributed by atoms with E-state index in [2.05, 4.69) is 5.10 Å². The third-order valence-electron chi connectivity index (χ3n) is 6.43. The monoisotopic (exact) mass is 484 g/mol. The summed E-state index contributed by atoms with van der Waals surface area (Å²) in [6.45, 7) is 0.317. The Morgan fingerprint density at radius 1 is 1.06 bits per heavy atom. The Morgan fingerprint density at radius 2 is 1.80 bits per heavy atom. The van der Waals surface area contributed by atoms with Gasteiger partial charge in [0.1, 0.15) is 18.0 Å². The molecule has 0 N–H and O–H groups in total. The standard InChI is InChI=1S/C25H23F3N4O3/c1-35-18-10-8-17(9-11-18)32-22-19(23(29-32)25(26,27)28)12-14-30(24(22)34)15-21(33)31-13-4-6-16-5-2-3-7-20(16)31/h2-3,5,7-11H,4,6,12-15H2,1H3. The minimum absolute atomic E-state index is 0.00441. The number of anilines is 1. The van der Waals surface area contributed by atoms with Gasteiger partial charge in [-0.15, -0.1) is 0 Å². The Morgan fingerprint density at radius 3 is 2.51 bits per heavy atom. The maximum atomic E-state index is 13.8. The van der Waals surface area contributed by atoms with Gasteiger partial charge in [0, 0.05) is 24.3 Å². The minimum atomic E-state index is -4.71. The lowest BCUT2D eigenvalue weighted by molar-refractivity contribution is -0.142. The van der Waals surface area contributed by atoms with Crippen LogP contribution in [0.1, 0.15) is 33.7 Å². The third kappa shape index (κ3) is 4.13. The molecule has 0 radical (unpaired) electrons. The van der Waals surface area contributed by atoms with Gasteiger partial charge in [-0.2, -0.15) is 18.3 Å². The molecule has 7 nitrogen and oxygen atoms in total. The quantitative estimate of drug-likeness (QED) is 0.564. The zero-order valence-electron chi connectivity index (χ0n) is 19.0. The number of hydrogen-bond acceptors (Lipinski definition) is 4. The van der Waals surface area contributed by atoms with Gasteiger partial charge < -0.3 is 14.5 Å². The number of carbonyl (C=O) groups is 2. The number of carbonyl (C=O) groups excluding carboxylic acids is 2. The fraction of sp³-hybridized carbons (Fsp3) is 0.320. The van der Waals surface area contributed by atoms with Crippen molar-refractivity contribution in [2.24, 2.45) is 0 Å². The molecule has 0 unspecified atom stereocenters. The smallest absolute Gasteiger partial charge is 0.435 e. The number of amides is 2. The van der Waals surface area contributed by atoms with Crippen LogP contribution in [0, 0.1) is 0 Å². The Balaban J connectivity index is 1.47. The molecule has 2 aliphatic heterocycles. The van der Waals surface area contributed by atoms with Gasteiger partial charge in [0.2, 0.25) is 5.91 Å². The summed E-state index contributed by atoms with van der Waals surface area (Å²) in [7, 11) is 1.48. The van der Waals surface area contributed by atoms with E-state index < -0.39 is 17.8 Å². The number of fused-ring (bicyclic) bond motifs is 2. The van der Waals surface area contributed by atoms with Crippen LogP contribution in [0.2, 0.25) is 0 Å². The fourth-order valence-corrected chi connectivity index (χ4v) is 4.74. The minimum Gasteiger partial charge on any atom is -0.497 e. The van der Waals surface area contributed by atoms with Crippen molar-refractivity contribution in [1.29, 1.82) is 0 Å². The number of nitrogens with zero attached hydrogens (tertiary/aromatic N) is 4. The lowest BCUT2D eigenvalue weighted by Gasteiger charge is -2.33. The Hall–Kier alpha value is -3.82. The summed E-state index contributed by atoms with van der Waals surface area (Å²) in [6.07, 6.45) is -3.08. The van der Waals surface area contributed by atoms with Crippen LogP contribution < -0.4 is 9.64 Å². The second-order valence-corrected chi connectivity index (χ2v) is 8.54. The summed E-state index contributed by atoms with van der Waals surface area (Å²) in [5, 5.41) is 3.78. The molecule has 35 heavy (non-hydrogen) atoms. The molecule has 0 bridgehead atoms. The summed E-state index contributed by atoms with van der Waals surface area (Å²) >= 11 is 0. The van der Waals surface area contributed by atoms with Crippen LogP contribution in [-0.4, -0.2) is 53.2 Å². The number of aryl methyl sites for hydroxylation is 1. The van der Waals surface area contributed by atoms with Gasteiger partial charge >= 0.3 is 6.18 Å². The number of alkyl halides is 3. The van der Waals surface area contributed by atoms with Crippen molar-refractivity contribution < 1.29 is 27.5 Å². The molecule has 0 spiro atoms. The van der Waals surface area contributed by atoms with Gasteiger partial charge in [0.05, 0.1) is 12.8 Å². The lowest BCUT2D eigenvalue weighted by atomic mass is 10.0. The number of ether oxygens (including phenoxy) is 1. The number of rotatable bonds is 4. The van der Waals surface area contributed by atoms with Crippen molar-refractivity contribution in [2.45, 2.75) is 25.4 Å². The highest BCUT2D eigenvalue weighted by atomic mass is 19.4. The first-order valence-corrected chi connectivity index (χ1v) is 11.3. The van der Waals surface area contributed by atoms with Crippen LogP contribution in [0.5, 0.6) is 5.75 Å². The largest absolute Gasteiger partial charge is 0.497 e. The lowest BCUT2D eigenvalue weighted by Crippen LogP contribution is -2.47. The normalized spacial score (nSPS) is 15.6. The van der Waals surface area contributed by atoms with Crippen molar-refractivity contribution in [1.82, 2.24) is 14.7 Å². The molecule has 10 heteroatoms. The molecule has 0 saturated carbocycles. The molecule has 5 rings (SSSR count). The molecule has 3 heterocycles. The second kappa shape index (κ2) is 8.75. The molecule has 0 fully saturated rings. The van der Waals surface area contributed by atoms with E-state index in [0.29, 0.717) is 18.0 Å². The number of aromatic nitrogens is 2. The highest BCUT2D eigenvalue weighted by molar-refractivity contribution is 6.01. The Labute approximate surface area is 199 Å². The molecule has 0 atom stereocenters. The van der Waals surface area contributed by atoms with Crippen molar-refractivity contribution in [3.05, 3.63) is 71.0 Å². The maximum absolute atomic E-state index is 13.8.